The minimum Gasteiger partial charge on any atom is -0.496 e. The lowest BCUT2D eigenvalue weighted by Crippen LogP contribution is -2.30. The van der Waals surface area contributed by atoms with E-state index in [1.54, 1.807) is 0 Å². The molecule has 0 radical (unpaired) electrons. The predicted molar refractivity (Wildman–Crippen MR) is 61.9 cm³/mol. The molecular formula is C12H14F3NO3. The van der Waals surface area contributed by atoms with Gasteiger partial charge in [-0.05, 0) is 30.5 Å². The number of carbonyl (C=O) groups is 1. The number of ether oxygens (including phenoxy) is 1. The summed E-state index contributed by atoms with van der Waals surface area (Å²) in [5.74, 6) is -1.07. The Hall–Kier alpha value is -1.76. The van der Waals surface area contributed by atoms with Crippen LogP contribution in [-0.2, 0) is 17.4 Å². The minimum atomic E-state index is -4.44. The maximum Gasteiger partial charge on any atom is 0.416 e. The number of halogens is 3. The summed E-state index contributed by atoms with van der Waals surface area (Å²) in [6.07, 6.45) is -4.09. The first-order valence-electron chi connectivity index (χ1n) is 5.48. The summed E-state index contributed by atoms with van der Waals surface area (Å²) in [7, 11) is 1.26. The molecule has 0 aliphatic carbocycles. The lowest BCUT2D eigenvalue weighted by atomic mass is 10.0. The van der Waals surface area contributed by atoms with Gasteiger partial charge in [-0.2, -0.15) is 13.2 Å². The molecule has 19 heavy (non-hydrogen) atoms. The van der Waals surface area contributed by atoms with Crippen molar-refractivity contribution in [2.45, 2.75) is 25.1 Å². The molecule has 0 unspecified atom stereocenters. The van der Waals surface area contributed by atoms with Crippen LogP contribution in [0.15, 0.2) is 18.2 Å². The SMILES string of the molecule is COc1cc(C(F)(F)F)ccc1CC[C@@H](N)C(=O)O. The third-order valence-corrected chi connectivity index (χ3v) is 2.66. The van der Waals surface area contributed by atoms with Crippen molar-refractivity contribution in [1.82, 2.24) is 0 Å². The van der Waals surface area contributed by atoms with E-state index in [-0.39, 0.29) is 18.6 Å². The lowest BCUT2D eigenvalue weighted by molar-refractivity contribution is -0.139. The summed E-state index contributed by atoms with van der Waals surface area (Å²) in [5, 5.41) is 8.63. The van der Waals surface area contributed by atoms with Gasteiger partial charge >= 0.3 is 12.1 Å². The zero-order chi connectivity index (χ0) is 14.6. The first-order chi connectivity index (χ1) is 8.75. The largest absolute Gasteiger partial charge is 0.496 e. The standard InChI is InChI=1S/C12H14F3NO3/c1-19-10-6-8(12(13,14)15)4-2-7(10)3-5-9(16)11(17)18/h2,4,6,9H,3,5,16H2,1H3,(H,17,18)/t9-/m1/s1. The highest BCUT2D eigenvalue weighted by Gasteiger charge is 2.31. The average Bonchev–Trinajstić information content (AvgIpc) is 2.34. The van der Waals surface area contributed by atoms with Gasteiger partial charge in [0, 0.05) is 0 Å². The molecule has 7 heteroatoms. The highest BCUT2D eigenvalue weighted by molar-refractivity contribution is 5.73. The van der Waals surface area contributed by atoms with Crippen LogP contribution in [0.2, 0.25) is 0 Å². The molecule has 0 aromatic heterocycles. The van der Waals surface area contributed by atoms with Gasteiger partial charge in [0.15, 0.2) is 0 Å². The number of nitrogens with two attached hydrogens (primary N) is 1. The van der Waals surface area contributed by atoms with E-state index >= 15 is 0 Å². The molecule has 0 bridgehead atoms. The van der Waals surface area contributed by atoms with Gasteiger partial charge in [-0.1, -0.05) is 6.07 Å². The van der Waals surface area contributed by atoms with Crippen molar-refractivity contribution in [3.05, 3.63) is 29.3 Å². The van der Waals surface area contributed by atoms with Crippen LogP contribution in [0.1, 0.15) is 17.5 Å². The van der Waals surface area contributed by atoms with Gasteiger partial charge in [-0.15, -0.1) is 0 Å². The van der Waals surface area contributed by atoms with Crippen molar-refractivity contribution >= 4 is 5.97 Å². The molecule has 0 aliphatic rings. The van der Waals surface area contributed by atoms with E-state index in [9.17, 15) is 18.0 Å². The smallest absolute Gasteiger partial charge is 0.416 e. The Balaban J connectivity index is 2.88. The Morgan fingerprint density at radius 3 is 2.58 bits per heavy atom. The van der Waals surface area contributed by atoms with Crippen molar-refractivity contribution in [3.63, 3.8) is 0 Å². The molecule has 0 saturated carbocycles. The summed E-state index contributed by atoms with van der Waals surface area (Å²) < 4.78 is 42.4. The molecule has 106 valence electrons. The van der Waals surface area contributed by atoms with E-state index in [1.165, 1.54) is 13.2 Å². The molecule has 4 nitrogen and oxygen atoms in total. The molecule has 1 aromatic carbocycles. The van der Waals surface area contributed by atoms with Gasteiger partial charge in [0.25, 0.3) is 0 Å². The van der Waals surface area contributed by atoms with Gasteiger partial charge in [0.05, 0.1) is 12.7 Å². The van der Waals surface area contributed by atoms with Gasteiger partial charge in [0.2, 0.25) is 0 Å². The fourth-order valence-corrected chi connectivity index (χ4v) is 1.56. The number of hydrogen-bond acceptors (Lipinski definition) is 3. The van der Waals surface area contributed by atoms with Crippen molar-refractivity contribution in [2.24, 2.45) is 5.73 Å². The van der Waals surface area contributed by atoms with Crippen molar-refractivity contribution in [1.29, 1.82) is 0 Å². The Kier molecular flexibility index (Phi) is 4.77. The quantitative estimate of drug-likeness (QED) is 0.864. The fourth-order valence-electron chi connectivity index (χ4n) is 1.56. The highest BCUT2D eigenvalue weighted by Crippen LogP contribution is 2.33. The zero-order valence-corrected chi connectivity index (χ0v) is 10.2. The maximum atomic E-state index is 12.5. The molecule has 0 heterocycles. The summed E-state index contributed by atoms with van der Waals surface area (Å²) in [4.78, 5) is 10.6. The third kappa shape index (κ3) is 4.13. The molecule has 1 atom stereocenters. The molecule has 0 amide bonds. The molecule has 0 spiro atoms. The number of carboxylic acid groups (broad SMARTS) is 1. The molecule has 1 rings (SSSR count). The highest BCUT2D eigenvalue weighted by atomic mass is 19.4. The number of aliphatic carboxylic acids is 1. The summed E-state index contributed by atoms with van der Waals surface area (Å²) in [6, 6.07) is 2.05. The molecule has 0 fully saturated rings. The fraction of sp³-hybridized carbons (Fsp3) is 0.417. The first kappa shape index (κ1) is 15.3. The lowest BCUT2D eigenvalue weighted by Gasteiger charge is -2.13. The molecule has 1 aromatic rings. The second-order valence-corrected chi connectivity index (χ2v) is 4.01. The molecule has 0 aliphatic heterocycles. The monoisotopic (exact) mass is 277 g/mol. The Labute approximate surface area is 108 Å². The van der Waals surface area contributed by atoms with E-state index in [0.29, 0.717) is 5.56 Å². The van der Waals surface area contributed by atoms with Gasteiger partial charge < -0.3 is 15.6 Å². The number of benzene rings is 1. The topological polar surface area (TPSA) is 72.5 Å². The Morgan fingerprint density at radius 2 is 2.11 bits per heavy atom. The van der Waals surface area contributed by atoms with E-state index in [2.05, 4.69) is 0 Å². The Bertz CT molecular complexity index is 460. The molecular weight excluding hydrogens is 263 g/mol. The van der Waals surface area contributed by atoms with Crippen LogP contribution in [-0.4, -0.2) is 24.2 Å². The van der Waals surface area contributed by atoms with Gasteiger partial charge in [-0.25, -0.2) is 0 Å². The van der Waals surface area contributed by atoms with Crippen molar-refractivity contribution < 1.29 is 27.8 Å². The first-order valence-corrected chi connectivity index (χ1v) is 5.48. The minimum absolute atomic E-state index is 0.0763. The predicted octanol–water partition coefficient (Wildman–Crippen LogP) is 2.06. The van der Waals surface area contributed by atoms with Crippen molar-refractivity contribution in [3.8, 4) is 5.75 Å². The van der Waals surface area contributed by atoms with Crippen LogP contribution in [0, 0.1) is 0 Å². The van der Waals surface area contributed by atoms with Gasteiger partial charge in [0.1, 0.15) is 11.8 Å². The summed E-state index contributed by atoms with van der Waals surface area (Å²) >= 11 is 0. The number of alkyl halides is 3. The van der Waals surface area contributed by atoms with Crippen molar-refractivity contribution in [2.75, 3.05) is 7.11 Å². The average molecular weight is 277 g/mol. The van der Waals surface area contributed by atoms with Crippen LogP contribution in [0.3, 0.4) is 0 Å². The second kappa shape index (κ2) is 5.92. The summed E-state index contributed by atoms with van der Waals surface area (Å²) in [5.41, 5.74) is 5.02. The normalized spacial score (nSPS) is 13.1. The number of carboxylic acids is 1. The van der Waals surface area contributed by atoms with E-state index in [1.807, 2.05) is 0 Å². The van der Waals surface area contributed by atoms with E-state index in [0.717, 1.165) is 12.1 Å². The second-order valence-electron chi connectivity index (χ2n) is 4.01. The number of aryl methyl sites for hydroxylation is 1. The van der Waals surface area contributed by atoms with E-state index < -0.39 is 23.8 Å². The summed E-state index contributed by atoms with van der Waals surface area (Å²) in [6.45, 7) is 0. The van der Waals surface area contributed by atoms with E-state index in [4.69, 9.17) is 15.6 Å². The number of hydrogen-bond donors (Lipinski definition) is 2. The Morgan fingerprint density at radius 1 is 1.47 bits per heavy atom. The number of methoxy groups -OCH3 is 1. The van der Waals surface area contributed by atoms with Crippen LogP contribution in [0.4, 0.5) is 13.2 Å². The molecule has 0 saturated heterocycles. The van der Waals surface area contributed by atoms with Crippen LogP contribution in [0.5, 0.6) is 5.75 Å². The zero-order valence-electron chi connectivity index (χ0n) is 10.2. The number of rotatable bonds is 5. The molecule has 3 N–H and O–H groups in total. The van der Waals surface area contributed by atoms with Gasteiger partial charge in [-0.3, -0.25) is 4.79 Å². The van der Waals surface area contributed by atoms with Crippen LogP contribution >= 0.6 is 0 Å². The van der Waals surface area contributed by atoms with Crippen LogP contribution in [0.25, 0.3) is 0 Å². The maximum absolute atomic E-state index is 12.5. The third-order valence-electron chi connectivity index (χ3n) is 2.66. The van der Waals surface area contributed by atoms with Crippen LogP contribution < -0.4 is 10.5 Å².